The van der Waals surface area contributed by atoms with Crippen LogP contribution in [0.5, 0.6) is 11.5 Å². The average Bonchev–Trinajstić information content (AvgIpc) is 3.55. The van der Waals surface area contributed by atoms with Crippen LogP contribution in [-0.4, -0.2) is 14.5 Å². The molecule has 2 aliphatic rings. The molecule has 11 rings (SSSR count). The molecule has 51 heavy (non-hydrogen) atoms. The van der Waals surface area contributed by atoms with Crippen LogP contribution in [0.1, 0.15) is 22.3 Å². The van der Waals surface area contributed by atoms with Gasteiger partial charge in [0, 0.05) is 38.6 Å². The minimum absolute atomic E-state index is 0.655. The molecular formula is C47H29N3O. The number of rotatable bonds is 3. The summed E-state index contributed by atoms with van der Waals surface area (Å²) in [5, 5.41) is 2.49. The van der Waals surface area contributed by atoms with Gasteiger partial charge in [0.2, 0.25) is 0 Å². The molecule has 0 saturated heterocycles. The largest absolute Gasteiger partial charge is 0.456 e. The zero-order valence-corrected chi connectivity index (χ0v) is 27.5. The molecule has 0 saturated carbocycles. The molecule has 1 atom stereocenters. The van der Waals surface area contributed by atoms with Crippen molar-refractivity contribution in [1.29, 1.82) is 0 Å². The van der Waals surface area contributed by atoms with Crippen LogP contribution in [0, 0.1) is 0 Å². The second-order valence-electron chi connectivity index (χ2n) is 13.3. The first-order chi connectivity index (χ1) is 25.3. The molecule has 9 aromatic rings. The van der Waals surface area contributed by atoms with E-state index in [2.05, 4.69) is 144 Å². The summed E-state index contributed by atoms with van der Waals surface area (Å²) in [6.45, 7) is 0. The Labute approximate surface area is 294 Å². The fourth-order valence-electron chi connectivity index (χ4n) is 8.61. The van der Waals surface area contributed by atoms with Gasteiger partial charge in [-0.3, -0.25) is 0 Å². The number of para-hydroxylation sites is 5. The van der Waals surface area contributed by atoms with Gasteiger partial charge in [-0.05, 0) is 41.5 Å². The Balaban J connectivity index is 1.26. The summed E-state index contributed by atoms with van der Waals surface area (Å²) in [6.07, 6.45) is 0. The summed E-state index contributed by atoms with van der Waals surface area (Å²) < 4.78 is 9.54. The third-order valence-corrected chi connectivity index (χ3v) is 10.7. The van der Waals surface area contributed by atoms with Gasteiger partial charge in [0.15, 0.2) is 5.82 Å². The molecular weight excluding hydrogens is 623 g/mol. The van der Waals surface area contributed by atoms with E-state index in [1.807, 2.05) is 36.4 Å². The molecule has 2 aliphatic heterocycles. The van der Waals surface area contributed by atoms with Crippen molar-refractivity contribution < 1.29 is 4.74 Å². The van der Waals surface area contributed by atoms with Gasteiger partial charge in [0.1, 0.15) is 11.5 Å². The van der Waals surface area contributed by atoms with Gasteiger partial charge < -0.3 is 9.30 Å². The zero-order chi connectivity index (χ0) is 33.5. The van der Waals surface area contributed by atoms with Gasteiger partial charge in [-0.25, -0.2) is 9.97 Å². The van der Waals surface area contributed by atoms with Gasteiger partial charge in [0.25, 0.3) is 0 Å². The second-order valence-corrected chi connectivity index (χ2v) is 13.3. The first kappa shape index (κ1) is 28.1. The number of nitrogens with zero attached hydrogens (tertiary/aromatic N) is 3. The topological polar surface area (TPSA) is 39.9 Å². The van der Waals surface area contributed by atoms with E-state index < -0.39 is 5.41 Å². The molecule has 1 spiro atoms. The van der Waals surface area contributed by atoms with Gasteiger partial charge in [-0.15, -0.1) is 0 Å². The first-order valence-corrected chi connectivity index (χ1v) is 17.3. The lowest BCUT2D eigenvalue weighted by Crippen LogP contribution is -2.37. The number of hydrogen-bond donors (Lipinski definition) is 0. The van der Waals surface area contributed by atoms with E-state index in [-0.39, 0.29) is 0 Å². The molecule has 1 unspecified atom stereocenters. The highest BCUT2D eigenvalue weighted by molar-refractivity contribution is 6.12. The molecule has 0 radical (unpaired) electrons. The van der Waals surface area contributed by atoms with Crippen LogP contribution < -0.4 is 4.74 Å². The van der Waals surface area contributed by atoms with E-state index in [0.717, 1.165) is 50.7 Å². The van der Waals surface area contributed by atoms with Crippen molar-refractivity contribution in [3.8, 4) is 51.1 Å². The lowest BCUT2D eigenvalue weighted by molar-refractivity contribution is 0.435. The maximum atomic E-state index is 7.07. The van der Waals surface area contributed by atoms with E-state index in [9.17, 15) is 0 Å². The second kappa shape index (κ2) is 10.6. The van der Waals surface area contributed by atoms with Crippen molar-refractivity contribution in [2.24, 2.45) is 0 Å². The molecule has 4 nitrogen and oxygen atoms in total. The van der Waals surface area contributed by atoms with Crippen molar-refractivity contribution in [2.75, 3.05) is 0 Å². The normalized spacial score (nSPS) is 15.3. The van der Waals surface area contributed by atoms with Crippen molar-refractivity contribution in [3.63, 3.8) is 0 Å². The summed E-state index contributed by atoms with van der Waals surface area (Å²) >= 11 is 0. The molecule has 0 bridgehead atoms. The molecule has 0 N–H and O–H groups in total. The third-order valence-electron chi connectivity index (χ3n) is 10.7. The van der Waals surface area contributed by atoms with Crippen LogP contribution in [0.15, 0.2) is 176 Å². The lowest BCUT2D eigenvalue weighted by atomic mass is 9.61. The Morgan fingerprint density at radius 3 is 1.96 bits per heavy atom. The minimum Gasteiger partial charge on any atom is -0.456 e. The number of fused-ring (bicyclic) bond motifs is 11. The van der Waals surface area contributed by atoms with E-state index >= 15 is 0 Å². The highest BCUT2D eigenvalue weighted by Crippen LogP contribution is 2.61. The predicted octanol–water partition coefficient (Wildman–Crippen LogP) is 11.4. The Kier molecular flexibility index (Phi) is 5.84. The Morgan fingerprint density at radius 1 is 0.471 bits per heavy atom. The van der Waals surface area contributed by atoms with Crippen molar-refractivity contribution in [1.82, 2.24) is 14.5 Å². The van der Waals surface area contributed by atoms with Crippen LogP contribution in [0.25, 0.3) is 61.4 Å². The monoisotopic (exact) mass is 651 g/mol. The van der Waals surface area contributed by atoms with Gasteiger partial charge in [-0.1, -0.05) is 146 Å². The molecule has 0 amide bonds. The van der Waals surface area contributed by atoms with Crippen LogP contribution in [0.3, 0.4) is 0 Å². The van der Waals surface area contributed by atoms with Crippen LogP contribution in [0.2, 0.25) is 0 Å². The zero-order valence-electron chi connectivity index (χ0n) is 27.5. The van der Waals surface area contributed by atoms with Crippen molar-refractivity contribution >= 4 is 21.8 Å². The molecule has 0 aliphatic carbocycles. The van der Waals surface area contributed by atoms with Crippen molar-refractivity contribution in [3.05, 3.63) is 198 Å². The molecule has 0 fully saturated rings. The first-order valence-electron chi connectivity index (χ1n) is 17.3. The summed E-state index contributed by atoms with van der Waals surface area (Å²) in [7, 11) is 0. The molecule has 2 aromatic heterocycles. The number of benzene rings is 7. The maximum absolute atomic E-state index is 7.07. The fourth-order valence-corrected chi connectivity index (χ4v) is 8.61. The predicted molar refractivity (Wildman–Crippen MR) is 205 cm³/mol. The van der Waals surface area contributed by atoms with E-state index in [1.54, 1.807) is 0 Å². The Morgan fingerprint density at radius 2 is 1.10 bits per heavy atom. The Bertz CT molecular complexity index is 2780. The molecule has 4 heterocycles. The molecule has 7 aromatic carbocycles. The standard InChI is InChI=1S/C47H29N3O/c1-3-15-30(16-4-1)39-29-40(49-46(48-39)31-17-5-2-6-18-31)34-21-14-25-38-45(34)51-43-28-12-9-23-36(43)47(38)35-22-8-11-27-42(35)50-41-26-10-7-19-32(41)33-20-13-24-37(47)44(33)50/h1-29H. The molecule has 238 valence electrons. The highest BCUT2D eigenvalue weighted by Gasteiger charge is 2.50. The van der Waals surface area contributed by atoms with Gasteiger partial charge in [0.05, 0.1) is 33.5 Å². The summed E-state index contributed by atoms with van der Waals surface area (Å²) in [4.78, 5) is 10.3. The van der Waals surface area contributed by atoms with Gasteiger partial charge >= 0.3 is 0 Å². The SMILES string of the molecule is c1ccc(-c2cc(-c3cccc4c3Oc3ccccc3C43c4ccccc4-n4c5ccccc5c5cccc3c54)nc(-c3ccccc3)n2)cc1. The maximum Gasteiger partial charge on any atom is 0.160 e. The Hall–Kier alpha value is -6.78. The quantitative estimate of drug-likeness (QED) is 0.191. The van der Waals surface area contributed by atoms with E-state index in [0.29, 0.717) is 5.82 Å². The third kappa shape index (κ3) is 3.84. The average molecular weight is 652 g/mol. The van der Waals surface area contributed by atoms with Crippen LogP contribution in [-0.2, 0) is 5.41 Å². The van der Waals surface area contributed by atoms with E-state index in [4.69, 9.17) is 14.7 Å². The summed E-state index contributed by atoms with van der Waals surface area (Å²) in [5.74, 6) is 2.33. The van der Waals surface area contributed by atoms with Gasteiger partial charge in [-0.2, -0.15) is 0 Å². The van der Waals surface area contributed by atoms with E-state index in [1.165, 1.54) is 38.6 Å². The van der Waals surface area contributed by atoms with Crippen LogP contribution in [0.4, 0.5) is 0 Å². The minimum atomic E-state index is -0.655. The number of aromatic nitrogens is 3. The smallest absolute Gasteiger partial charge is 0.160 e. The summed E-state index contributed by atoms with van der Waals surface area (Å²) in [6, 6.07) is 62.2. The highest BCUT2D eigenvalue weighted by atomic mass is 16.5. The lowest BCUT2D eigenvalue weighted by Gasteiger charge is -2.45. The fraction of sp³-hybridized carbons (Fsp3) is 0.0213. The van der Waals surface area contributed by atoms with Crippen LogP contribution >= 0.6 is 0 Å². The number of ether oxygens (including phenoxy) is 1. The van der Waals surface area contributed by atoms with Crippen molar-refractivity contribution in [2.45, 2.75) is 5.41 Å². The molecule has 4 heteroatoms. The summed E-state index contributed by atoms with van der Waals surface area (Å²) in [5.41, 5.74) is 12.2. The number of hydrogen-bond acceptors (Lipinski definition) is 3.